The molecule has 0 radical (unpaired) electrons. The van der Waals surface area contributed by atoms with E-state index in [0.29, 0.717) is 0 Å². The Morgan fingerprint density at radius 2 is 1.94 bits per heavy atom. The van der Waals surface area contributed by atoms with Crippen molar-refractivity contribution >= 4 is 0 Å². The maximum Gasteiger partial charge on any atom is 0.115 e. The molecule has 0 bridgehead atoms. The van der Waals surface area contributed by atoms with Crippen LogP contribution in [0.5, 0.6) is 0 Å². The minimum Gasteiger partial charge on any atom is -0.472 e. The maximum atomic E-state index is 10.6. The van der Waals surface area contributed by atoms with Crippen molar-refractivity contribution in [2.24, 2.45) is 0 Å². The van der Waals surface area contributed by atoms with Crippen LogP contribution >= 0.6 is 0 Å². The highest BCUT2D eigenvalue weighted by Gasteiger charge is 2.28. The second kappa shape index (κ2) is 3.80. The van der Waals surface area contributed by atoms with Crippen LogP contribution in [0, 0.1) is 13.8 Å². The first-order valence-electron chi connectivity index (χ1n) is 5.34. The van der Waals surface area contributed by atoms with Crippen molar-refractivity contribution in [1.29, 1.82) is 0 Å². The number of benzene rings is 1. The molecule has 0 aliphatic carbocycles. The van der Waals surface area contributed by atoms with Gasteiger partial charge >= 0.3 is 0 Å². The van der Waals surface area contributed by atoms with Gasteiger partial charge in [0.15, 0.2) is 0 Å². The number of rotatable bonds is 2. The molecule has 84 valence electrons. The Bertz CT molecular complexity index is 481. The Morgan fingerprint density at radius 1 is 1.19 bits per heavy atom. The molecular formula is C14H16O2. The lowest BCUT2D eigenvalue weighted by molar-refractivity contribution is 0.101. The molecule has 0 amide bonds. The van der Waals surface area contributed by atoms with Crippen LogP contribution in [0.25, 0.3) is 0 Å². The SMILES string of the molecule is Cc1ccc(C)c(C(C)(O)c2ccoc2)c1. The van der Waals surface area contributed by atoms with E-state index in [1.54, 1.807) is 25.5 Å². The number of aryl methyl sites for hydroxylation is 2. The Morgan fingerprint density at radius 3 is 2.56 bits per heavy atom. The van der Waals surface area contributed by atoms with Gasteiger partial charge in [-0.3, -0.25) is 0 Å². The highest BCUT2D eigenvalue weighted by molar-refractivity contribution is 5.40. The molecule has 2 nitrogen and oxygen atoms in total. The van der Waals surface area contributed by atoms with Crippen molar-refractivity contribution in [3.8, 4) is 0 Å². The average Bonchev–Trinajstić information content (AvgIpc) is 2.75. The van der Waals surface area contributed by atoms with Gasteiger partial charge in [-0.05, 0) is 38.0 Å². The number of furan rings is 1. The highest BCUT2D eigenvalue weighted by Crippen LogP contribution is 2.32. The summed E-state index contributed by atoms with van der Waals surface area (Å²) in [6, 6.07) is 7.88. The molecule has 0 saturated heterocycles. The molecule has 0 aliphatic heterocycles. The fourth-order valence-electron chi connectivity index (χ4n) is 1.96. The summed E-state index contributed by atoms with van der Waals surface area (Å²) in [6.07, 6.45) is 3.16. The van der Waals surface area contributed by atoms with Gasteiger partial charge in [-0.2, -0.15) is 0 Å². The molecule has 2 aromatic rings. The molecule has 0 fully saturated rings. The third-order valence-corrected chi connectivity index (χ3v) is 3.00. The van der Waals surface area contributed by atoms with Crippen molar-refractivity contribution in [2.45, 2.75) is 26.4 Å². The van der Waals surface area contributed by atoms with Gasteiger partial charge in [0.2, 0.25) is 0 Å². The summed E-state index contributed by atoms with van der Waals surface area (Å²) in [4.78, 5) is 0. The van der Waals surface area contributed by atoms with E-state index >= 15 is 0 Å². The van der Waals surface area contributed by atoms with E-state index in [4.69, 9.17) is 4.42 Å². The molecule has 0 saturated carbocycles. The van der Waals surface area contributed by atoms with Gasteiger partial charge < -0.3 is 9.52 Å². The third kappa shape index (κ3) is 1.76. The molecule has 1 unspecified atom stereocenters. The predicted octanol–water partition coefficient (Wildman–Crippen LogP) is 3.15. The zero-order valence-corrected chi connectivity index (χ0v) is 9.82. The first-order chi connectivity index (χ1) is 7.51. The van der Waals surface area contributed by atoms with Crippen LogP contribution in [-0.2, 0) is 5.60 Å². The number of hydrogen-bond acceptors (Lipinski definition) is 2. The van der Waals surface area contributed by atoms with E-state index in [-0.39, 0.29) is 0 Å². The topological polar surface area (TPSA) is 33.4 Å². The quantitative estimate of drug-likeness (QED) is 0.836. The molecule has 0 spiro atoms. The van der Waals surface area contributed by atoms with E-state index in [1.165, 1.54) is 0 Å². The summed E-state index contributed by atoms with van der Waals surface area (Å²) in [5.74, 6) is 0. The van der Waals surface area contributed by atoms with Crippen molar-refractivity contribution in [3.63, 3.8) is 0 Å². The third-order valence-electron chi connectivity index (χ3n) is 3.00. The molecule has 0 aliphatic rings. The number of aliphatic hydroxyl groups is 1. The highest BCUT2D eigenvalue weighted by atomic mass is 16.3. The monoisotopic (exact) mass is 216 g/mol. The van der Waals surface area contributed by atoms with Crippen molar-refractivity contribution in [3.05, 3.63) is 59.0 Å². The van der Waals surface area contributed by atoms with E-state index in [2.05, 4.69) is 0 Å². The zero-order valence-electron chi connectivity index (χ0n) is 9.82. The molecular weight excluding hydrogens is 200 g/mol. The lowest BCUT2D eigenvalue weighted by Gasteiger charge is -2.24. The van der Waals surface area contributed by atoms with Gasteiger partial charge in [0, 0.05) is 5.56 Å². The van der Waals surface area contributed by atoms with Crippen LogP contribution in [0.4, 0.5) is 0 Å². The summed E-state index contributed by atoms with van der Waals surface area (Å²) in [7, 11) is 0. The van der Waals surface area contributed by atoms with E-state index in [0.717, 1.165) is 22.3 Å². The van der Waals surface area contributed by atoms with Crippen LogP contribution < -0.4 is 0 Å². The normalized spacial score (nSPS) is 14.8. The molecule has 1 N–H and O–H groups in total. The van der Waals surface area contributed by atoms with Gasteiger partial charge in [-0.1, -0.05) is 23.8 Å². The van der Waals surface area contributed by atoms with Crippen molar-refractivity contribution < 1.29 is 9.52 Å². The first kappa shape index (κ1) is 11.0. The van der Waals surface area contributed by atoms with E-state index in [1.807, 2.05) is 32.0 Å². The molecule has 1 atom stereocenters. The first-order valence-corrected chi connectivity index (χ1v) is 5.34. The minimum atomic E-state index is -0.997. The summed E-state index contributed by atoms with van der Waals surface area (Å²) < 4.78 is 5.03. The van der Waals surface area contributed by atoms with Crippen LogP contribution in [0.3, 0.4) is 0 Å². The zero-order chi connectivity index (χ0) is 11.8. The molecule has 1 aromatic heterocycles. The minimum absolute atomic E-state index is 0.779. The summed E-state index contributed by atoms with van der Waals surface area (Å²) in [5, 5.41) is 10.6. The lowest BCUT2D eigenvalue weighted by atomic mass is 9.86. The van der Waals surface area contributed by atoms with Crippen LogP contribution in [0.1, 0.15) is 29.2 Å². The fourth-order valence-corrected chi connectivity index (χ4v) is 1.96. The van der Waals surface area contributed by atoms with Gasteiger partial charge in [0.25, 0.3) is 0 Å². The number of hydrogen-bond donors (Lipinski definition) is 1. The summed E-state index contributed by atoms with van der Waals surface area (Å²) in [5.41, 5.74) is 2.93. The summed E-state index contributed by atoms with van der Waals surface area (Å²) in [6.45, 7) is 5.82. The Balaban J connectivity index is 2.55. The van der Waals surface area contributed by atoms with Gasteiger partial charge in [-0.25, -0.2) is 0 Å². The Labute approximate surface area is 95.5 Å². The van der Waals surface area contributed by atoms with Gasteiger partial charge in [0.05, 0.1) is 12.5 Å². The van der Waals surface area contributed by atoms with Crippen LogP contribution in [-0.4, -0.2) is 5.11 Å². The summed E-state index contributed by atoms with van der Waals surface area (Å²) >= 11 is 0. The average molecular weight is 216 g/mol. The van der Waals surface area contributed by atoms with E-state index < -0.39 is 5.60 Å². The van der Waals surface area contributed by atoms with E-state index in [9.17, 15) is 5.11 Å². The van der Waals surface area contributed by atoms with Crippen molar-refractivity contribution in [2.75, 3.05) is 0 Å². The standard InChI is InChI=1S/C14H16O2/c1-10-4-5-11(2)13(8-10)14(3,15)12-6-7-16-9-12/h4-9,15H,1-3H3. The maximum absolute atomic E-state index is 10.6. The molecule has 16 heavy (non-hydrogen) atoms. The fraction of sp³-hybridized carbons (Fsp3) is 0.286. The van der Waals surface area contributed by atoms with Gasteiger partial charge in [0.1, 0.15) is 5.60 Å². The molecule has 2 rings (SSSR count). The Kier molecular flexibility index (Phi) is 2.60. The van der Waals surface area contributed by atoms with Gasteiger partial charge in [-0.15, -0.1) is 0 Å². The largest absolute Gasteiger partial charge is 0.472 e. The van der Waals surface area contributed by atoms with Crippen LogP contribution in [0.15, 0.2) is 41.2 Å². The smallest absolute Gasteiger partial charge is 0.115 e. The predicted molar refractivity (Wildman–Crippen MR) is 63.3 cm³/mol. The Hall–Kier alpha value is -1.54. The molecule has 2 heteroatoms. The van der Waals surface area contributed by atoms with Crippen LogP contribution in [0.2, 0.25) is 0 Å². The molecule has 1 heterocycles. The second-order valence-corrected chi connectivity index (χ2v) is 4.40. The lowest BCUT2D eigenvalue weighted by Crippen LogP contribution is -2.23. The molecule has 1 aromatic carbocycles. The second-order valence-electron chi connectivity index (χ2n) is 4.40. The van der Waals surface area contributed by atoms with Crippen molar-refractivity contribution in [1.82, 2.24) is 0 Å².